The SMILES string of the molecule is CCCC1CCN(N=C(N)N(Cc2ccc(C(C)(C)C)cc2)c2ccc(C(C)CC)cc2)CC1.Cl. The van der Waals surface area contributed by atoms with Crippen LogP contribution in [0.3, 0.4) is 0 Å². The molecule has 0 bridgehead atoms. The van der Waals surface area contributed by atoms with Gasteiger partial charge in [-0.1, -0.05) is 90.8 Å². The van der Waals surface area contributed by atoms with Gasteiger partial charge in [0.25, 0.3) is 0 Å². The van der Waals surface area contributed by atoms with Crippen molar-refractivity contribution in [3.63, 3.8) is 0 Å². The third kappa shape index (κ3) is 8.17. The van der Waals surface area contributed by atoms with Gasteiger partial charge in [0.05, 0.1) is 6.54 Å². The van der Waals surface area contributed by atoms with Crippen LogP contribution in [-0.4, -0.2) is 24.1 Å². The maximum absolute atomic E-state index is 6.68. The van der Waals surface area contributed by atoms with Gasteiger partial charge in [-0.15, -0.1) is 17.5 Å². The van der Waals surface area contributed by atoms with Gasteiger partial charge in [0.2, 0.25) is 5.96 Å². The van der Waals surface area contributed by atoms with Crippen molar-refractivity contribution in [1.82, 2.24) is 5.01 Å². The first-order valence-electron chi connectivity index (χ1n) is 13.3. The summed E-state index contributed by atoms with van der Waals surface area (Å²) in [5.74, 6) is 1.97. The quantitative estimate of drug-likeness (QED) is 0.300. The zero-order valence-electron chi connectivity index (χ0n) is 22.8. The molecule has 2 aromatic carbocycles. The summed E-state index contributed by atoms with van der Waals surface area (Å²) in [6.45, 7) is 16.2. The summed E-state index contributed by atoms with van der Waals surface area (Å²) in [5.41, 5.74) is 11.9. The Labute approximate surface area is 220 Å². The van der Waals surface area contributed by atoms with Gasteiger partial charge in [-0.2, -0.15) is 0 Å². The van der Waals surface area contributed by atoms with Gasteiger partial charge in [0.1, 0.15) is 0 Å². The molecule has 0 spiro atoms. The summed E-state index contributed by atoms with van der Waals surface area (Å²) in [6.07, 6.45) is 6.16. The fourth-order valence-electron chi connectivity index (χ4n) is 4.73. The van der Waals surface area contributed by atoms with Crippen LogP contribution in [0, 0.1) is 5.92 Å². The summed E-state index contributed by atoms with van der Waals surface area (Å²) in [7, 11) is 0. The molecule has 0 aromatic heterocycles. The normalized spacial score (nSPS) is 16.1. The van der Waals surface area contributed by atoms with Gasteiger partial charge in [-0.25, -0.2) is 0 Å². The highest BCUT2D eigenvalue weighted by molar-refractivity contribution is 5.94. The highest BCUT2D eigenvalue weighted by atomic mass is 35.5. The zero-order chi connectivity index (χ0) is 24.7. The summed E-state index contributed by atoms with van der Waals surface area (Å²) in [5, 5.41) is 7.06. The van der Waals surface area contributed by atoms with Crippen molar-refractivity contribution in [2.45, 2.75) is 91.5 Å². The molecule has 194 valence electrons. The summed E-state index contributed by atoms with van der Waals surface area (Å²) >= 11 is 0. The molecule has 3 rings (SSSR count). The maximum Gasteiger partial charge on any atom is 0.218 e. The molecule has 1 unspecified atom stereocenters. The Morgan fingerprint density at radius 1 is 1.03 bits per heavy atom. The van der Waals surface area contributed by atoms with E-state index in [1.807, 2.05) is 0 Å². The van der Waals surface area contributed by atoms with Crippen LogP contribution in [0.15, 0.2) is 53.6 Å². The zero-order valence-corrected chi connectivity index (χ0v) is 23.6. The van der Waals surface area contributed by atoms with E-state index < -0.39 is 0 Å². The Kier molecular flexibility index (Phi) is 11.0. The number of anilines is 1. The lowest BCUT2D eigenvalue weighted by Gasteiger charge is -2.32. The monoisotopic (exact) mass is 498 g/mol. The van der Waals surface area contributed by atoms with E-state index in [2.05, 4.69) is 100.0 Å². The van der Waals surface area contributed by atoms with Crippen LogP contribution in [0.5, 0.6) is 0 Å². The van der Waals surface area contributed by atoms with Crippen LogP contribution in [0.4, 0.5) is 5.69 Å². The molecule has 2 aromatic rings. The Hall–Kier alpha value is -2.20. The van der Waals surface area contributed by atoms with E-state index in [0.29, 0.717) is 18.4 Å². The van der Waals surface area contributed by atoms with E-state index in [1.165, 1.54) is 42.4 Å². The number of hydrogen-bond acceptors (Lipinski definition) is 2. The maximum atomic E-state index is 6.68. The number of benzene rings is 2. The average Bonchev–Trinajstić information content (AvgIpc) is 2.83. The number of rotatable bonds is 8. The molecule has 1 saturated heterocycles. The smallest absolute Gasteiger partial charge is 0.218 e. The van der Waals surface area contributed by atoms with Crippen molar-refractivity contribution in [3.8, 4) is 0 Å². The largest absolute Gasteiger partial charge is 0.368 e. The van der Waals surface area contributed by atoms with Crippen LogP contribution < -0.4 is 10.6 Å². The molecule has 0 aliphatic carbocycles. The molecule has 0 saturated carbocycles. The molecule has 1 fully saturated rings. The Morgan fingerprint density at radius 3 is 2.14 bits per heavy atom. The standard InChI is InChI=1S/C30H46N4.ClH/c1-7-9-24-18-20-33(21-19-24)32-29(31)34(28-16-12-26(13-17-28)23(3)8-2)22-25-10-14-27(15-11-25)30(4,5)6;/h10-17,23-24H,7-9,18-22H2,1-6H3,(H2,31,32);1H. The molecule has 35 heavy (non-hydrogen) atoms. The second kappa shape index (κ2) is 13.2. The summed E-state index contributed by atoms with van der Waals surface area (Å²) in [4.78, 5) is 2.16. The number of halogens is 1. The number of hydrazone groups is 1. The highest BCUT2D eigenvalue weighted by Crippen LogP contribution is 2.26. The lowest BCUT2D eigenvalue weighted by atomic mass is 9.87. The first-order chi connectivity index (χ1) is 16.2. The number of nitrogens with zero attached hydrogens (tertiary/aromatic N) is 3. The molecule has 1 aliphatic rings. The van der Waals surface area contributed by atoms with E-state index in [4.69, 9.17) is 10.8 Å². The van der Waals surface area contributed by atoms with E-state index in [-0.39, 0.29) is 17.8 Å². The summed E-state index contributed by atoms with van der Waals surface area (Å²) in [6, 6.07) is 17.8. The second-order valence-corrected chi connectivity index (χ2v) is 11.1. The molecule has 4 nitrogen and oxygen atoms in total. The first kappa shape index (κ1) is 29.0. The van der Waals surface area contributed by atoms with Crippen molar-refractivity contribution >= 4 is 24.1 Å². The molecular weight excluding hydrogens is 452 g/mol. The molecule has 1 atom stereocenters. The van der Waals surface area contributed by atoms with E-state index in [1.54, 1.807) is 0 Å². The molecule has 2 N–H and O–H groups in total. The molecule has 0 amide bonds. The van der Waals surface area contributed by atoms with Gasteiger partial charge in [-0.3, -0.25) is 5.01 Å². The van der Waals surface area contributed by atoms with Gasteiger partial charge in [0, 0.05) is 18.8 Å². The topological polar surface area (TPSA) is 44.9 Å². The third-order valence-electron chi connectivity index (χ3n) is 7.36. The molecule has 5 heteroatoms. The van der Waals surface area contributed by atoms with Crippen molar-refractivity contribution in [2.24, 2.45) is 16.8 Å². The third-order valence-corrected chi connectivity index (χ3v) is 7.36. The van der Waals surface area contributed by atoms with Crippen LogP contribution in [0.2, 0.25) is 0 Å². The van der Waals surface area contributed by atoms with Gasteiger partial charge >= 0.3 is 0 Å². The van der Waals surface area contributed by atoms with Crippen molar-refractivity contribution in [3.05, 3.63) is 65.2 Å². The minimum atomic E-state index is 0. The van der Waals surface area contributed by atoms with Crippen LogP contribution in [-0.2, 0) is 12.0 Å². The Balaban J connectivity index is 0.00000432. The Morgan fingerprint density at radius 2 is 1.63 bits per heavy atom. The minimum Gasteiger partial charge on any atom is -0.368 e. The van der Waals surface area contributed by atoms with Gasteiger partial charge in [-0.05, 0) is 65.3 Å². The molecule has 1 aliphatic heterocycles. The van der Waals surface area contributed by atoms with E-state index in [9.17, 15) is 0 Å². The second-order valence-electron chi connectivity index (χ2n) is 11.1. The van der Waals surface area contributed by atoms with Crippen molar-refractivity contribution < 1.29 is 0 Å². The predicted octanol–water partition coefficient (Wildman–Crippen LogP) is 7.67. The van der Waals surface area contributed by atoms with Crippen LogP contribution in [0.1, 0.15) is 96.3 Å². The highest BCUT2D eigenvalue weighted by Gasteiger charge is 2.20. The van der Waals surface area contributed by atoms with Gasteiger partial charge < -0.3 is 10.6 Å². The van der Waals surface area contributed by atoms with Crippen LogP contribution in [0.25, 0.3) is 0 Å². The van der Waals surface area contributed by atoms with Crippen molar-refractivity contribution in [1.29, 1.82) is 0 Å². The van der Waals surface area contributed by atoms with E-state index in [0.717, 1.165) is 31.1 Å². The molecule has 1 heterocycles. The first-order valence-corrected chi connectivity index (χ1v) is 13.3. The predicted molar refractivity (Wildman–Crippen MR) is 155 cm³/mol. The molecular formula is C30H47ClN4. The minimum absolute atomic E-state index is 0. The fourth-order valence-corrected chi connectivity index (χ4v) is 4.73. The number of hydrogen-bond donors (Lipinski definition) is 1. The number of nitrogens with two attached hydrogens (primary N) is 1. The number of piperidine rings is 1. The summed E-state index contributed by atoms with van der Waals surface area (Å²) < 4.78 is 0. The van der Waals surface area contributed by atoms with Crippen molar-refractivity contribution in [2.75, 3.05) is 18.0 Å². The van der Waals surface area contributed by atoms with E-state index >= 15 is 0 Å². The van der Waals surface area contributed by atoms with Crippen LogP contribution >= 0.6 is 12.4 Å². The average molecular weight is 499 g/mol. The van der Waals surface area contributed by atoms with Gasteiger partial charge in [0.15, 0.2) is 0 Å². The fraction of sp³-hybridized carbons (Fsp3) is 0.567. The number of guanidine groups is 1. The molecule has 0 radical (unpaired) electrons. The lowest BCUT2D eigenvalue weighted by molar-refractivity contribution is 0.184. The lowest BCUT2D eigenvalue weighted by Crippen LogP contribution is -2.40. The Bertz CT molecular complexity index is 907.